The predicted molar refractivity (Wildman–Crippen MR) is 125 cm³/mol. The molecule has 2 aliphatic rings. The SMILES string of the molecule is CC1(Cl)C=NCC(C(=O)N2CCC(c3ccc(F)cc3)CC2)=C1Nc1cccc(Cl)c1F. The average Bonchev–Trinajstić information content (AvgIpc) is 2.78. The Morgan fingerprint density at radius 2 is 1.84 bits per heavy atom. The molecule has 4 nitrogen and oxygen atoms in total. The number of piperidine rings is 1. The predicted octanol–water partition coefficient (Wildman–Crippen LogP) is 5.77. The first-order valence-electron chi connectivity index (χ1n) is 10.5. The van der Waals surface area contributed by atoms with Crippen LogP contribution in [0.1, 0.15) is 31.2 Å². The maximum Gasteiger partial charge on any atom is 0.253 e. The zero-order valence-electron chi connectivity index (χ0n) is 17.5. The zero-order valence-corrected chi connectivity index (χ0v) is 19.1. The van der Waals surface area contributed by atoms with Gasteiger partial charge in [0.25, 0.3) is 5.91 Å². The smallest absolute Gasteiger partial charge is 0.253 e. The summed E-state index contributed by atoms with van der Waals surface area (Å²) >= 11 is 12.6. The number of hydrogen-bond acceptors (Lipinski definition) is 3. The lowest BCUT2D eigenvalue weighted by Gasteiger charge is -2.35. The number of nitrogens with zero attached hydrogens (tertiary/aromatic N) is 2. The molecular weight excluding hydrogens is 455 g/mol. The second-order valence-electron chi connectivity index (χ2n) is 8.24. The lowest BCUT2D eigenvalue weighted by atomic mass is 9.89. The van der Waals surface area contributed by atoms with E-state index in [2.05, 4.69) is 10.3 Å². The Bertz CT molecular complexity index is 1080. The summed E-state index contributed by atoms with van der Waals surface area (Å²) in [6, 6.07) is 11.2. The van der Waals surface area contributed by atoms with E-state index in [1.165, 1.54) is 18.2 Å². The number of likely N-dealkylation sites (tertiary alicyclic amines) is 1. The van der Waals surface area contributed by atoms with Gasteiger partial charge in [-0.25, -0.2) is 8.78 Å². The van der Waals surface area contributed by atoms with Crippen LogP contribution in [0.3, 0.4) is 0 Å². The van der Waals surface area contributed by atoms with Crippen molar-refractivity contribution in [1.82, 2.24) is 4.90 Å². The number of allylic oxidation sites excluding steroid dienone is 1. The minimum Gasteiger partial charge on any atom is -0.354 e. The molecule has 0 aromatic heterocycles. The summed E-state index contributed by atoms with van der Waals surface area (Å²) in [4.78, 5) is 18.4. The van der Waals surface area contributed by atoms with Crippen molar-refractivity contribution in [3.05, 3.63) is 76.0 Å². The standard InChI is InChI=1S/C24H23Cl2F2N3O/c1-24(26)14-29-13-18(22(24)30-20-4-2-3-19(25)21(20)28)23(32)31-11-9-16(10-12-31)15-5-7-17(27)8-6-15/h2-8,14,16,30H,9-13H2,1H3. The van der Waals surface area contributed by atoms with E-state index in [0.717, 1.165) is 18.4 Å². The van der Waals surface area contributed by atoms with Crippen LogP contribution < -0.4 is 5.32 Å². The largest absolute Gasteiger partial charge is 0.354 e. The van der Waals surface area contributed by atoms with E-state index < -0.39 is 10.7 Å². The third kappa shape index (κ3) is 4.66. The van der Waals surface area contributed by atoms with Gasteiger partial charge in [-0.05, 0) is 55.5 Å². The molecule has 2 aliphatic heterocycles. The molecule has 0 bridgehead atoms. The highest BCUT2D eigenvalue weighted by Crippen LogP contribution is 2.34. The number of dihydropyridines is 1. The Morgan fingerprint density at radius 3 is 2.53 bits per heavy atom. The van der Waals surface area contributed by atoms with Crippen molar-refractivity contribution >= 4 is 41.0 Å². The van der Waals surface area contributed by atoms with Crippen LogP contribution in [0.2, 0.25) is 5.02 Å². The summed E-state index contributed by atoms with van der Waals surface area (Å²) in [5, 5.41) is 2.98. The Kier molecular flexibility index (Phi) is 6.54. The molecule has 0 aliphatic carbocycles. The van der Waals surface area contributed by atoms with Gasteiger partial charge in [0.05, 0.1) is 28.5 Å². The quantitative estimate of drug-likeness (QED) is 0.567. The third-order valence-electron chi connectivity index (χ3n) is 5.97. The third-order valence-corrected chi connectivity index (χ3v) is 6.55. The van der Waals surface area contributed by atoms with E-state index in [1.54, 1.807) is 42.3 Å². The fourth-order valence-corrected chi connectivity index (χ4v) is 4.60. The van der Waals surface area contributed by atoms with Crippen LogP contribution in [0.25, 0.3) is 0 Å². The number of carbonyl (C=O) groups is 1. The van der Waals surface area contributed by atoms with Gasteiger partial charge in [-0.2, -0.15) is 0 Å². The van der Waals surface area contributed by atoms with Crippen LogP contribution in [-0.2, 0) is 4.79 Å². The molecule has 1 saturated heterocycles. The van der Waals surface area contributed by atoms with Crippen molar-refractivity contribution in [3.8, 4) is 0 Å². The molecule has 0 spiro atoms. The van der Waals surface area contributed by atoms with Gasteiger partial charge in [0.1, 0.15) is 10.7 Å². The van der Waals surface area contributed by atoms with Crippen molar-refractivity contribution in [3.63, 3.8) is 0 Å². The number of amides is 1. The van der Waals surface area contributed by atoms with Gasteiger partial charge in [0.2, 0.25) is 0 Å². The fraction of sp³-hybridized carbons (Fsp3) is 0.333. The summed E-state index contributed by atoms with van der Waals surface area (Å²) < 4.78 is 27.7. The molecule has 1 fully saturated rings. The second-order valence-corrected chi connectivity index (χ2v) is 9.44. The van der Waals surface area contributed by atoms with E-state index in [-0.39, 0.29) is 34.9 Å². The highest BCUT2D eigenvalue weighted by Gasteiger charge is 2.36. The lowest BCUT2D eigenvalue weighted by Crippen LogP contribution is -2.43. The molecule has 2 heterocycles. The topological polar surface area (TPSA) is 44.7 Å². The molecule has 0 radical (unpaired) electrons. The van der Waals surface area contributed by atoms with Gasteiger partial charge in [0, 0.05) is 19.3 Å². The van der Waals surface area contributed by atoms with Gasteiger partial charge in [0.15, 0.2) is 5.82 Å². The Balaban J connectivity index is 1.55. The molecule has 1 atom stereocenters. The van der Waals surface area contributed by atoms with Crippen LogP contribution in [-0.4, -0.2) is 41.5 Å². The summed E-state index contributed by atoms with van der Waals surface area (Å²) in [6.07, 6.45) is 3.10. The number of anilines is 1. The number of halogens is 4. The van der Waals surface area contributed by atoms with Gasteiger partial charge < -0.3 is 10.2 Å². The number of hydrogen-bond donors (Lipinski definition) is 1. The number of aliphatic imine (C=N–C) groups is 1. The van der Waals surface area contributed by atoms with E-state index in [4.69, 9.17) is 23.2 Å². The monoisotopic (exact) mass is 477 g/mol. The second kappa shape index (κ2) is 9.20. The van der Waals surface area contributed by atoms with Crippen molar-refractivity contribution in [1.29, 1.82) is 0 Å². The number of rotatable bonds is 4. The molecule has 168 valence electrons. The van der Waals surface area contributed by atoms with Crippen molar-refractivity contribution < 1.29 is 13.6 Å². The highest BCUT2D eigenvalue weighted by atomic mass is 35.5. The van der Waals surface area contributed by atoms with Crippen LogP contribution in [0, 0.1) is 11.6 Å². The van der Waals surface area contributed by atoms with Crippen LogP contribution in [0.4, 0.5) is 14.5 Å². The summed E-state index contributed by atoms with van der Waals surface area (Å²) in [5.74, 6) is -0.763. The molecule has 2 aromatic rings. The minimum atomic E-state index is -1.09. The number of alkyl halides is 1. The van der Waals surface area contributed by atoms with Crippen LogP contribution in [0.15, 0.2) is 58.7 Å². The lowest BCUT2D eigenvalue weighted by molar-refractivity contribution is -0.128. The summed E-state index contributed by atoms with van der Waals surface area (Å²) in [7, 11) is 0. The number of carbonyl (C=O) groups excluding carboxylic acids is 1. The molecule has 1 N–H and O–H groups in total. The first kappa shape index (κ1) is 22.7. The van der Waals surface area contributed by atoms with Gasteiger partial charge >= 0.3 is 0 Å². The fourth-order valence-electron chi connectivity index (χ4n) is 4.20. The maximum atomic E-state index is 14.5. The highest BCUT2D eigenvalue weighted by molar-refractivity contribution is 6.35. The maximum absolute atomic E-state index is 14.5. The van der Waals surface area contributed by atoms with Crippen LogP contribution in [0.5, 0.6) is 0 Å². The van der Waals surface area contributed by atoms with Gasteiger partial charge in [-0.3, -0.25) is 9.79 Å². The zero-order chi connectivity index (χ0) is 22.9. The summed E-state index contributed by atoms with van der Waals surface area (Å²) in [6.45, 7) is 2.98. The minimum absolute atomic E-state index is 0.0212. The Hall–Kier alpha value is -2.44. The molecule has 0 saturated carbocycles. The molecule has 4 rings (SSSR count). The molecule has 1 amide bonds. The van der Waals surface area contributed by atoms with Crippen molar-refractivity contribution in [2.75, 3.05) is 25.0 Å². The van der Waals surface area contributed by atoms with Gasteiger partial charge in [-0.1, -0.05) is 29.8 Å². The van der Waals surface area contributed by atoms with Gasteiger partial charge in [-0.15, -0.1) is 11.6 Å². The van der Waals surface area contributed by atoms with E-state index in [9.17, 15) is 13.6 Å². The van der Waals surface area contributed by atoms with Crippen molar-refractivity contribution in [2.45, 2.75) is 30.6 Å². The van der Waals surface area contributed by atoms with Crippen LogP contribution >= 0.6 is 23.2 Å². The molecule has 32 heavy (non-hydrogen) atoms. The number of nitrogens with one attached hydrogen (secondary N) is 1. The first-order chi connectivity index (χ1) is 15.3. The molecule has 2 aromatic carbocycles. The molecule has 8 heteroatoms. The number of benzene rings is 2. The normalized spacial score (nSPS) is 21.7. The van der Waals surface area contributed by atoms with E-state index >= 15 is 0 Å². The Labute approximate surface area is 195 Å². The van der Waals surface area contributed by atoms with E-state index in [1.807, 2.05) is 0 Å². The summed E-state index contributed by atoms with van der Waals surface area (Å²) in [5.41, 5.74) is 2.03. The first-order valence-corrected chi connectivity index (χ1v) is 11.2. The molecular formula is C24H23Cl2F2N3O. The van der Waals surface area contributed by atoms with Crippen molar-refractivity contribution in [2.24, 2.45) is 4.99 Å². The molecule has 1 unspecified atom stereocenters. The average molecular weight is 478 g/mol. The van der Waals surface area contributed by atoms with E-state index in [0.29, 0.717) is 24.4 Å². The Morgan fingerprint density at radius 1 is 1.16 bits per heavy atom.